The number of rotatable bonds is 8. The van der Waals surface area contributed by atoms with E-state index in [-0.39, 0.29) is 0 Å². The molecule has 0 aliphatic carbocycles. The van der Waals surface area contributed by atoms with Gasteiger partial charge in [-0.3, -0.25) is 0 Å². The second-order valence-corrected chi connectivity index (χ2v) is 4.54. The van der Waals surface area contributed by atoms with Crippen molar-refractivity contribution in [2.45, 2.75) is 13.8 Å². The van der Waals surface area contributed by atoms with Crippen LogP contribution in [0.1, 0.15) is 12.6 Å². The lowest BCUT2D eigenvalue weighted by Crippen LogP contribution is -2.09. The summed E-state index contributed by atoms with van der Waals surface area (Å²) in [5, 5.41) is 3.19. The zero-order valence-electron chi connectivity index (χ0n) is 10.4. The number of ether oxygens (including phenoxy) is 1. The SMILES string of the molecule is C=CCSCCNc1nc(C)cc(OCC)n1. The third-order valence-corrected chi connectivity index (χ3v) is 2.85. The summed E-state index contributed by atoms with van der Waals surface area (Å²) in [5.74, 6) is 3.24. The second kappa shape index (κ2) is 7.95. The molecule has 0 aliphatic heterocycles. The number of hydrogen-bond donors (Lipinski definition) is 1. The first-order valence-corrected chi connectivity index (χ1v) is 6.82. The van der Waals surface area contributed by atoms with Gasteiger partial charge in [-0.15, -0.1) is 6.58 Å². The van der Waals surface area contributed by atoms with Crippen LogP contribution in [-0.2, 0) is 0 Å². The minimum atomic E-state index is 0.616. The first-order valence-electron chi connectivity index (χ1n) is 5.67. The fourth-order valence-electron chi connectivity index (χ4n) is 1.24. The largest absolute Gasteiger partial charge is 0.478 e. The third-order valence-electron chi connectivity index (χ3n) is 1.89. The number of anilines is 1. The summed E-state index contributed by atoms with van der Waals surface area (Å²) < 4.78 is 5.36. The topological polar surface area (TPSA) is 47.0 Å². The summed E-state index contributed by atoms with van der Waals surface area (Å²) in [4.78, 5) is 8.57. The highest BCUT2D eigenvalue weighted by molar-refractivity contribution is 7.99. The van der Waals surface area contributed by atoms with Crippen molar-refractivity contribution in [2.24, 2.45) is 0 Å². The normalized spacial score (nSPS) is 10.0. The summed E-state index contributed by atoms with van der Waals surface area (Å²) in [6.45, 7) is 9.01. The van der Waals surface area contributed by atoms with Crippen molar-refractivity contribution in [3.05, 3.63) is 24.4 Å². The van der Waals surface area contributed by atoms with Crippen LogP contribution in [0.4, 0.5) is 5.95 Å². The number of hydrogen-bond acceptors (Lipinski definition) is 5. The summed E-state index contributed by atoms with van der Waals surface area (Å²) in [7, 11) is 0. The van der Waals surface area contributed by atoms with Crippen LogP contribution in [0.2, 0.25) is 0 Å². The van der Waals surface area contributed by atoms with E-state index in [4.69, 9.17) is 4.74 Å². The average Bonchev–Trinajstić information content (AvgIpc) is 2.28. The van der Waals surface area contributed by atoms with Gasteiger partial charge < -0.3 is 10.1 Å². The lowest BCUT2D eigenvalue weighted by molar-refractivity contribution is 0.326. The van der Waals surface area contributed by atoms with Crippen LogP contribution in [-0.4, -0.2) is 34.6 Å². The van der Waals surface area contributed by atoms with Gasteiger partial charge in [0.1, 0.15) is 0 Å². The zero-order chi connectivity index (χ0) is 12.5. The highest BCUT2D eigenvalue weighted by Crippen LogP contribution is 2.11. The summed E-state index contributed by atoms with van der Waals surface area (Å²) >= 11 is 1.82. The van der Waals surface area contributed by atoms with E-state index in [9.17, 15) is 0 Å². The van der Waals surface area contributed by atoms with Crippen molar-refractivity contribution in [1.29, 1.82) is 0 Å². The van der Waals surface area contributed by atoms with Crippen molar-refractivity contribution >= 4 is 17.7 Å². The van der Waals surface area contributed by atoms with Crippen molar-refractivity contribution in [3.8, 4) is 5.88 Å². The average molecular weight is 253 g/mol. The van der Waals surface area contributed by atoms with Gasteiger partial charge in [0.15, 0.2) is 0 Å². The molecule has 94 valence electrons. The first-order chi connectivity index (χ1) is 8.26. The fourth-order valence-corrected chi connectivity index (χ4v) is 1.82. The molecular formula is C12H19N3OS. The molecule has 1 N–H and O–H groups in total. The van der Waals surface area contributed by atoms with Crippen molar-refractivity contribution in [1.82, 2.24) is 9.97 Å². The number of nitrogens with one attached hydrogen (secondary N) is 1. The maximum Gasteiger partial charge on any atom is 0.226 e. The maximum atomic E-state index is 5.36. The molecule has 0 bridgehead atoms. The monoisotopic (exact) mass is 253 g/mol. The smallest absolute Gasteiger partial charge is 0.226 e. The number of nitrogens with zero attached hydrogens (tertiary/aromatic N) is 2. The van der Waals surface area contributed by atoms with Crippen molar-refractivity contribution in [2.75, 3.05) is 30.0 Å². The Hall–Kier alpha value is -1.23. The Morgan fingerprint density at radius 1 is 1.53 bits per heavy atom. The molecule has 0 saturated carbocycles. The standard InChI is InChI=1S/C12H19N3OS/c1-4-7-17-8-6-13-12-14-10(3)9-11(15-12)16-5-2/h4,9H,1,5-8H2,2-3H3,(H,13,14,15). The molecule has 1 heterocycles. The zero-order valence-corrected chi connectivity index (χ0v) is 11.2. The van der Waals surface area contributed by atoms with Gasteiger partial charge in [0.2, 0.25) is 11.8 Å². The molecule has 0 saturated heterocycles. The van der Waals surface area contributed by atoms with Gasteiger partial charge in [0.25, 0.3) is 0 Å². The van der Waals surface area contributed by atoms with E-state index in [2.05, 4.69) is 21.9 Å². The van der Waals surface area contributed by atoms with Gasteiger partial charge in [-0.2, -0.15) is 16.7 Å². The molecule has 1 aromatic heterocycles. The number of aryl methyl sites for hydroxylation is 1. The highest BCUT2D eigenvalue weighted by atomic mass is 32.2. The van der Waals surface area contributed by atoms with Crippen molar-refractivity contribution < 1.29 is 4.74 Å². The molecule has 0 radical (unpaired) electrons. The molecule has 0 aliphatic rings. The predicted octanol–water partition coefficient (Wildman–Crippen LogP) is 2.51. The minimum absolute atomic E-state index is 0.616. The predicted molar refractivity (Wildman–Crippen MR) is 73.9 cm³/mol. The van der Waals surface area contributed by atoms with Crippen LogP contribution < -0.4 is 10.1 Å². The van der Waals surface area contributed by atoms with E-state index in [0.717, 1.165) is 23.7 Å². The van der Waals surface area contributed by atoms with E-state index >= 15 is 0 Å². The van der Waals surface area contributed by atoms with Crippen LogP contribution >= 0.6 is 11.8 Å². The molecule has 1 aromatic rings. The quantitative estimate of drug-likeness (QED) is 0.570. The number of aromatic nitrogens is 2. The molecule has 17 heavy (non-hydrogen) atoms. The summed E-state index contributed by atoms with van der Waals surface area (Å²) in [6.07, 6.45) is 1.90. The van der Waals surface area contributed by atoms with E-state index < -0.39 is 0 Å². The van der Waals surface area contributed by atoms with Gasteiger partial charge in [-0.1, -0.05) is 6.08 Å². The molecule has 0 fully saturated rings. The second-order valence-electron chi connectivity index (χ2n) is 3.39. The van der Waals surface area contributed by atoms with Gasteiger partial charge in [0, 0.05) is 29.8 Å². The lowest BCUT2D eigenvalue weighted by atomic mass is 10.4. The van der Waals surface area contributed by atoms with Crippen LogP contribution in [0.15, 0.2) is 18.7 Å². The Morgan fingerprint density at radius 3 is 3.06 bits per heavy atom. The van der Waals surface area contributed by atoms with E-state index in [0.29, 0.717) is 18.4 Å². The maximum absolute atomic E-state index is 5.36. The third kappa shape index (κ3) is 5.58. The molecule has 0 spiro atoms. The van der Waals surface area contributed by atoms with Crippen LogP contribution in [0.25, 0.3) is 0 Å². The van der Waals surface area contributed by atoms with Gasteiger partial charge in [-0.05, 0) is 13.8 Å². The van der Waals surface area contributed by atoms with E-state index in [1.807, 2.05) is 37.8 Å². The Bertz CT molecular complexity index is 358. The summed E-state index contributed by atoms with van der Waals surface area (Å²) in [6, 6.07) is 1.83. The lowest BCUT2D eigenvalue weighted by Gasteiger charge is -2.07. The van der Waals surface area contributed by atoms with Gasteiger partial charge in [0.05, 0.1) is 6.61 Å². The van der Waals surface area contributed by atoms with Crippen molar-refractivity contribution in [3.63, 3.8) is 0 Å². The molecule has 0 atom stereocenters. The molecule has 0 unspecified atom stereocenters. The molecular weight excluding hydrogens is 234 g/mol. The van der Waals surface area contributed by atoms with Crippen LogP contribution in [0, 0.1) is 6.92 Å². The van der Waals surface area contributed by atoms with Crippen LogP contribution in [0.3, 0.4) is 0 Å². The van der Waals surface area contributed by atoms with Crippen LogP contribution in [0.5, 0.6) is 5.88 Å². The van der Waals surface area contributed by atoms with Gasteiger partial charge in [-0.25, -0.2) is 4.98 Å². The molecule has 5 heteroatoms. The molecule has 0 amide bonds. The Morgan fingerprint density at radius 2 is 2.35 bits per heavy atom. The Balaban J connectivity index is 2.43. The fraction of sp³-hybridized carbons (Fsp3) is 0.500. The van der Waals surface area contributed by atoms with E-state index in [1.165, 1.54) is 0 Å². The molecule has 4 nitrogen and oxygen atoms in total. The first kappa shape index (κ1) is 13.8. The van der Waals surface area contributed by atoms with E-state index in [1.54, 1.807) is 0 Å². The molecule has 0 aromatic carbocycles. The Kier molecular flexibility index (Phi) is 6.47. The highest BCUT2D eigenvalue weighted by Gasteiger charge is 2.01. The van der Waals surface area contributed by atoms with Gasteiger partial charge >= 0.3 is 0 Å². The number of thioether (sulfide) groups is 1. The Labute approximate surface area is 107 Å². The molecule has 1 rings (SSSR count). The minimum Gasteiger partial charge on any atom is -0.478 e. The summed E-state index contributed by atoms with van der Waals surface area (Å²) in [5.41, 5.74) is 0.907.